The average Bonchev–Trinajstić information content (AvgIpc) is 3.11. The van der Waals surface area contributed by atoms with Gasteiger partial charge in [0.25, 0.3) is 0 Å². The molecular formula is C45H84O4. The van der Waals surface area contributed by atoms with Crippen molar-refractivity contribution in [1.82, 2.24) is 0 Å². The number of aliphatic hydroxyl groups is 1. The third kappa shape index (κ3) is 40.9. The monoisotopic (exact) mass is 689 g/mol. The van der Waals surface area contributed by atoms with E-state index in [-0.39, 0.29) is 12.6 Å². The topological polar surface area (TPSA) is 55.8 Å². The summed E-state index contributed by atoms with van der Waals surface area (Å²) >= 11 is 0. The molecule has 0 amide bonds. The Balaban J connectivity index is 3.43. The Morgan fingerprint density at radius 1 is 0.490 bits per heavy atom. The van der Waals surface area contributed by atoms with E-state index < -0.39 is 6.10 Å². The minimum absolute atomic E-state index is 0.171. The third-order valence-electron chi connectivity index (χ3n) is 9.47. The van der Waals surface area contributed by atoms with Gasteiger partial charge in [0.2, 0.25) is 0 Å². The van der Waals surface area contributed by atoms with E-state index in [9.17, 15) is 9.90 Å². The number of aliphatic hydroxyl groups excluding tert-OH is 1. The summed E-state index contributed by atoms with van der Waals surface area (Å²) in [6.07, 6.45) is 53.4. The van der Waals surface area contributed by atoms with Gasteiger partial charge in [-0.2, -0.15) is 0 Å². The molecule has 49 heavy (non-hydrogen) atoms. The molecule has 0 aliphatic heterocycles. The predicted octanol–water partition coefficient (Wildman–Crippen LogP) is 14.1. The van der Waals surface area contributed by atoms with Gasteiger partial charge in [-0.15, -0.1) is 0 Å². The van der Waals surface area contributed by atoms with E-state index in [2.05, 4.69) is 50.3 Å². The molecule has 0 rings (SSSR count). The standard InChI is InChI=1S/C45H84O4/c1-3-5-7-9-11-13-15-17-18-19-20-21-22-23-24-25-26-27-28-29-30-32-34-36-38-40-45(47)49-44(42-46)43-48-41-39-37-35-33-31-16-14-12-10-8-6-4-2/h15,17,19-20,22-23,44,46H,3-14,16,18,21,24-43H2,1-2H3/b17-15-,20-19-,23-22-. The maximum Gasteiger partial charge on any atom is 0.306 e. The molecule has 0 aromatic carbocycles. The van der Waals surface area contributed by atoms with Crippen LogP contribution in [0.15, 0.2) is 36.5 Å². The van der Waals surface area contributed by atoms with Crippen LogP contribution < -0.4 is 0 Å². The van der Waals surface area contributed by atoms with Crippen LogP contribution in [0.2, 0.25) is 0 Å². The zero-order valence-corrected chi connectivity index (χ0v) is 33.0. The molecule has 0 aromatic rings. The summed E-state index contributed by atoms with van der Waals surface area (Å²) in [4.78, 5) is 12.2. The first kappa shape index (κ1) is 47.6. The van der Waals surface area contributed by atoms with Crippen molar-refractivity contribution in [3.8, 4) is 0 Å². The Hall–Kier alpha value is -1.39. The Kier molecular flexibility index (Phi) is 41.6. The minimum atomic E-state index is -0.532. The molecule has 0 aliphatic rings. The zero-order chi connectivity index (χ0) is 35.6. The quantitative estimate of drug-likeness (QED) is 0.0395. The maximum absolute atomic E-state index is 12.2. The highest BCUT2D eigenvalue weighted by atomic mass is 16.6. The second-order valence-corrected chi connectivity index (χ2v) is 14.4. The van der Waals surface area contributed by atoms with Crippen LogP contribution in [0.5, 0.6) is 0 Å². The van der Waals surface area contributed by atoms with Crippen molar-refractivity contribution in [1.29, 1.82) is 0 Å². The number of esters is 1. The van der Waals surface area contributed by atoms with E-state index in [0.717, 1.165) is 32.1 Å². The lowest BCUT2D eigenvalue weighted by molar-refractivity contribution is -0.154. The summed E-state index contributed by atoms with van der Waals surface area (Å²) < 4.78 is 11.1. The van der Waals surface area contributed by atoms with Gasteiger partial charge in [0.1, 0.15) is 6.10 Å². The number of hydrogen-bond donors (Lipinski definition) is 1. The van der Waals surface area contributed by atoms with Crippen molar-refractivity contribution in [3.63, 3.8) is 0 Å². The van der Waals surface area contributed by atoms with E-state index in [4.69, 9.17) is 9.47 Å². The molecule has 1 atom stereocenters. The lowest BCUT2D eigenvalue weighted by atomic mass is 10.0. The Morgan fingerprint density at radius 2 is 0.857 bits per heavy atom. The van der Waals surface area contributed by atoms with Gasteiger partial charge in [0, 0.05) is 13.0 Å². The highest BCUT2D eigenvalue weighted by molar-refractivity contribution is 5.69. The van der Waals surface area contributed by atoms with Crippen molar-refractivity contribution < 1.29 is 19.4 Å². The third-order valence-corrected chi connectivity index (χ3v) is 9.47. The molecule has 0 spiro atoms. The summed E-state index contributed by atoms with van der Waals surface area (Å²) in [5.74, 6) is -0.203. The maximum atomic E-state index is 12.2. The van der Waals surface area contributed by atoms with Crippen LogP contribution in [0.1, 0.15) is 219 Å². The molecular weight excluding hydrogens is 604 g/mol. The first-order valence-corrected chi connectivity index (χ1v) is 21.6. The summed E-state index contributed by atoms with van der Waals surface area (Å²) in [6.45, 7) is 5.35. The fourth-order valence-electron chi connectivity index (χ4n) is 6.22. The summed E-state index contributed by atoms with van der Waals surface area (Å²) in [7, 11) is 0. The molecule has 0 saturated heterocycles. The number of rotatable bonds is 40. The molecule has 1 unspecified atom stereocenters. The van der Waals surface area contributed by atoms with Crippen LogP contribution >= 0.6 is 0 Å². The van der Waals surface area contributed by atoms with Crippen LogP contribution in [-0.4, -0.2) is 37.0 Å². The zero-order valence-electron chi connectivity index (χ0n) is 33.0. The molecule has 288 valence electrons. The normalized spacial score (nSPS) is 12.6. The lowest BCUT2D eigenvalue weighted by Crippen LogP contribution is -2.27. The number of allylic oxidation sites excluding steroid dienone is 6. The van der Waals surface area contributed by atoms with Crippen LogP contribution in [0.3, 0.4) is 0 Å². The SMILES string of the molecule is CCCCCCC/C=C\C/C=C\C/C=C\CCCCCCCCCCCCC(=O)OC(CO)COCCCCCCCCCCCCCC. The van der Waals surface area contributed by atoms with Crippen LogP contribution in [0, 0.1) is 0 Å². The molecule has 1 N–H and O–H groups in total. The van der Waals surface area contributed by atoms with E-state index >= 15 is 0 Å². The van der Waals surface area contributed by atoms with Gasteiger partial charge in [-0.1, -0.05) is 198 Å². The number of carbonyl (C=O) groups is 1. The highest BCUT2D eigenvalue weighted by Gasteiger charge is 2.13. The average molecular weight is 689 g/mol. The van der Waals surface area contributed by atoms with Crippen molar-refractivity contribution in [2.45, 2.75) is 225 Å². The smallest absolute Gasteiger partial charge is 0.306 e. The molecule has 0 heterocycles. The van der Waals surface area contributed by atoms with Gasteiger partial charge in [-0.3, -0.25) is 4.79 Å². The molecule has 0 aliphatic carbocycles. The largest absolute Gasteiger partial charge is 0.457 e. The predicted molar refractivity (Wildman–Crippen MR) is 214 cm³/mol. The van der Waals surface area contributed by atoms with Gasteiger partial charge >= 0.3 is 5.97 Å². The van der Waals surface area contributed by atoms with Gasteiger partial charge in [0.05, 0.1) is 13.2 Å². The van der Waals surface area contributed by atoms with Gasteiger partial charge < -0.3 is 14.6 Å². The van der Waals surface area contributed by atoms with Crippen molar-refractivity contribution in [3.05, 3.63) is 36.5 Å². The van der Waals surface area contributed by atoms with Crippen LogP contribution in [0.25, 0.3) is 0 Å². The second-order valence-electron chi connectivity index (χ2n) is 14.4. The van der Waals surface area contributed by atoms with Crippen molar-refractivity contribution in [2.24, 2.45) is 0 Å². The number of hydrogen-bond acceptors (Lipinski definition) is 4. The summed E-state index contributed by atoms with van der Waals surface area (Å²) in [5.41, 5.74) is 0. The fraction of sp³-hybridized carbons (Fsp3) is 0.844. The molecule has 0 saturated carbocycles. The van der Waals surface area contributed by atoms with Crippen molar-refractivity contribution in [2.75, 3.05) is 19.8 Å². The first-order chi connectivity index (χ1) is 24.2. The van der Waals surface area contributed by atoms with E-state index in [1.807, 2.05) is 0 Å². The number of ether oxygens (including phenoxy) is 2. The Bertz CT molecular complexity index is 728. The van der Waals surface area contributed by atoms with Gasteiger partial charge in [-0.05, 0) is 51.4 Å². The molecule has 0 radical (unpaired) electrons. The van der Waals surface area contributed by atoms with Gasteiger partial charge in [-0.25, -0.2) is 0 Å². The minimum Gasteiger partial charge on any atom is -0.457 e. The molecule has 4 heteroatoms. The molecule has 0 bridgehead atoms. The number of unbranched alkanes of at least 4 members (excludes halogenated alkanes) is 26. The summed E-state index contributed by atoms with van der Waals surface area (Å²) in [6, 6.07) is 0. The van der Waals surface area contributed by atoms with Crippen LogP contribution in [-0.2, 0) is 14.3 Å². The first-order valence-electron chi connectivity index (χ1n) is 21.6. The Labute approximate surface area is 306 Å². The van der Waals surface area contributed by atoms with Crippen molar-refractivity contribution >= 4 is 5.97 Å². The molecule has 0 aromatic heterocycles. The lowest BCUT2D eigenvalue weighted by Gasteiger charge is -2.16. The molecule has 0 fully saturated rings. The Morgan fingerprint density at radius 3 is 1.29 bits per heavy atom. The summed E-state index contributed by atoms with van der Waals surface area (Å²) in [5, 5.41) is 9.58. The number of carbonyl (C=O) groups excluding carboxylic acids is 1. The van der Waals surface area contributed by atoms with Crippen LogP contribution in [0.4, 0.5) is 0 Å². The van der Waals surface area contributed by atoms with E-state index in [1.165, 1.54) is 167 Å². The van der Waals surface area contributed by atoms with E-state index in [1.54, 1.807) is 0 Å². The van der Waals surface area contributed by atoms with E-state index in [0.29, 0.717) is 19.6 Å². The highest BCUT2D eigenvalue weighted by Crippen LogP contribution is 2.14. The fourth-order valence-corrected chi connectivity index (χ4v) is 6.22. The van der Waals surface area contributed by atoms with Gasteiger partial charge in [0.15, 0.2) is 0 Å². The molecule has 4 nitrogen and oxygen atoms in total. The second kappa shape index (κ2) is 42.8.